The summed E-state index contributed by atoms with van der Waals surface area (Å²) in [6.07, 6.45) is 0. The fraction of sp³-hybridized carbons (Fsp3) is 0.200. The lowest BCUT2D eigenvalue weighted by Gasteiger charge is -2.45. The Morgan fingerprint density at radius 2 is 1.22 bits per heavy atom. The first-order valence-electron chi connectivity index (χ1n) is 13.8. The Labute approximate surface area is 237 Å². The van der Waals surface area contributed by atoms with Crippen LogP contribution in [0.1, 0.15) is 65.9 Å². The summed E-state index contributed by atoms with van der Waals surface area (Å²) in [5, 5.41) is 0. The van der Waals surface area contributed by atoms with Gasteiger partial charge in [-0.1, -0.05) is 66.2 Å². The zero-order valence-corrected chi connectivity index (χ0v) is 22.7. The number of imide groups is 1. The molecule has 0 unspecified atom stereocenters. The third kappa shape index (κ3) is 3.78. The van der Waals surface area contributed by atoms with Crippen LogP contribution in [-0.4, -0.2) is 30.2 Å². The lowest BCUT2D eigenvalue weighted by Crippen LogP contribution is -2.41. The number of anilines is 1. The Bertz CT molecular complexity index is 1660. The summed E-state index contributed by atoms with van der Waals surface area (Å²) < 4.78 is 5.30. The predicted octanol–water partition coefficient (Wildman–Crippen LogP) is 5.74. The number of nitrogens with zero attached hydrogens (tertiary/aromatic N) is 1. The zero-order valence-electron chi connectivity index (χ0n) is 22.7. The van der Waals surface area contributed by atoms with Crippen LogP contribution in [0.15, 0.2) is 91.0 Å². The third-order valence-electron chi connectivity index (χ3n) is 8.84. The lowest BCUT2D eigenvalue weighted by molar-refractivity contribution is -0.122. The van der Waals surface area contributed by atoms with E-state index >= 15 is 0 Å². The van der Waals surface area contributed by atoms with E-state index < -0.39 is 17.8 Å². The topological polar surface area (TPSA) is 80.8 Å². The average Bonchev–Trinajstić information content (AvgIpc) is 3.27. The van der Waals surface area contributed by atoms with Crippen molar-refractivity contribution in [1.29, 1.82) is 0 Å². The Balaban J connectivity index is 1.13. The van der Waals surface area contributed by atoms with Gasteiger partial charge >= 0.3 is 5.97 Å². The number of ketones is 1. The number of carbonyl (C=O) groups excluding carboxylic acids is 4. The molecule has 1 saturated heterocycles. The molecule has 41 heavy (non-hydrogen) atoms. The van der Waals surface area contributed by atoms with Crippen molar-refractivity contribution in [3.8, 4) is 0 Å². The highest BCUT2D eigenvalue weighted by Crippen LogP contribution is 2.61. The predicted molar refractivity (Wildman–Crippen MR) is 153 cm³/mol. The molecule has 2 atom stereocenters. The molecule has 6 heteroatoms. The summed E-state index contributed by atoms with van der Waals surface area (Å²) in [6.45, 7) is 3.37. The van der Waals surface area contributed by atoms with E-state index in [1.54, 1.807) is 18.2 Å². The third-order valence-corrected chi connectivity index (χ3v) is 8.84. The lowest BCUT2D eigenvalue weighted by atomic mass is 9.55. The van der Waals surface area contributed by atoms with Crippen LogP contribution in [0.4, 0.5) is 5.69 Å². The van der Waals surface area contributed by atoms with E-state index in [1.807, 2.05) is 50.2 Å². The van der Waals surface area contributed by atoms with Crippen molar-refractivity contribution in [3.63, 3.8) is 0 Å². The van der Waals surface area contributed by atoms with E-state index in [4.69, 9.17) is 4.74 Å². The summed E-state index contributed by atoms with van der Waals surface area (Å²) in [4.78, 5) is 54.5. The minimum Gasteiger partial charge on any atom is -0.454 e. The van der Waals surface area contributed by atoms with Crippen molar-refractivity contribution in [1.82, 2.24) is 0 Å². The molecule has 1 heterocycles. The summed E-state index contributed by atoms with van der Waals surface area (Å²) in [6, 6.07) is 28.1. The van der Waals surface area contributed by atoms with Gasteiger partial charge in [-0.2, -0.15) is 0 Å². The van der Waals surface area contributed by atoms with Gasteiger partial charge in [0.25, 0.3) is 0 Å². The number of hydrogen-bond donors (Lipinski definition) is 0. The van der Waals surface area contributed by atoms with Gasteiger partial charge in [0, 0.05) is 17.4 Å². The molecule has 2 bridgehead atoms. The van der Waals surface area contributed by atoms with E-state index in [-0.39, 0.29) is 41.6 Å². The molecule has 3 aliphatic carbocycles. The maximum absolute atomic E-state index is 13.9. The summed E-state index contributed by atoms with van der Waals surface area (Å²) in [7, 11) is 0. The summed E-state index contributed by atoms with van der Waals surface area (Å²) >= 11 is 0. The van der Waals surface area contributed by atoms with Crippen molar-refractivity contribution < 1.29 is 23.9 Å². The van der Waals surface area contributed by atoms with Gasteiger partial charge < -0.3 is 4.74 Å². The number of amides is 2. The molecule has 4 aliphatic rings. The summed E-state index contributed by atoms with van der Waals surface area (Å²) in [5.74, 6) is -2.65. The number of aryl methyl sites for hydroxylation is 2. The monoisotopic (exact) mass is 541 g/mol. The first kappa shape index (κ1) is 25.1. The van der Waals surface area contributed by atoms with Crippen LogP contribution in [0, 0.1) is 25.7 Å². The molecule has 202 valence electrons. The molecular formula is C35H27NO5. The SMILES string of the molecule is Cc1ccc(C)c(C(=O)COC(=O)c2ccc(N3C(=O)[C@@H]4C5c6ccccc6C(c6ccccc65)[C@H]4C3=O)cc2)c1. The number of rotatable bonds is 5. The molecule has 1 aliphatic heterocycles. The van der Waals surface area contributed by atoms with Crippen molar-refractivity contribution in [2.24, 2.45) is 11.8 Å². The molecule has 8 rings (SSSR count). The molecule has 0 aromatic heterocycles. The highest BCUT2D eigenvalue weighted by Gasteiger charge is 2.61. The maximum Gasteiger partial charge on any atom is 0.338 e. The second-order valence-corrected chi connectivity index (χ2v) is 11.1. The first-order valence-corrected chi connectivity index (χ1v) is 13.8. The second kappa shape index (κ2) is 9.37. The minimum atomic E-state index is -0.646. The van der Waals surface area contributed by atoms with Crippen LogP contribution >= 0.6 is 0 Å². The fourth-order valence-corrected chi connectivity index (χ4v) is 7.01. The molecule has 6 nitrogen and oxygen atoms in total. The highest BCUT2D eigenvalue weighted by molar-refractivity contribution is 6.23. The summed E-state index contributed by atoms with van der Waals surface area (Å²) in [5.41, 5.74) is 7.43. The Morgan fingerprint density at radius 3 is 1.73 bits per heavy atom. The van der Waals surface area contributed by atoms with Crippen LogP contribution in [-0.2, 0) is 14.3 Å². The van der Waals surface area contributed by atoms with Crippen molar-refractivity contribution in [2.75, 3.05) is 11.5 Å². The van der Waals surface area contributed by atoms with Crippen molar-refractivity contribution >= 4 is 29.3 Å². The first-order chi connectivity index (χ1) is 19.8. The molecule has 4 aromatic rings. The number of carbonyl (C=O) groups is 4. The van der Waals surface area contributed by atoms with Gasteiger partial charge in [0.05, 0.1) is 23.1 Å². The smallest absolute Gasteiger partial charge is 0.338 e. The van der Waals surface area contributed by atoms with Crippen LogP contribution in [0.25, 0.3) is 0 Å². The van der Waals surface area contributed by atoms with Crippen LogP contribution in [0.5, 0.6) is 0 Å². The number of benzene rings is 4. The van der Waals surface area contributed by atoms with E-state index in [1.165, 1.54) is 17.0 Å². The number of hydrogen-bond acceptors (Lipinski definition) is 5. The van der Waals surface area contributed by atoms with Gasteiger partial charge in [-0.05, 0) is 72.0 Å². The number of esters is 1. The van der Waals surface area contributed by atoms with Gasteiger partial charge in [-0.3, -0.25) is 14.4 Å². The maximum atomic E-state index is 13.9. The normalized spacial score (nSPS) is 21.8. The molecular weight excluding hydrogens is 514 g/mol. The molecule has 0 spiro atoms. The molecule has 2 amide bonds. The Hall–Kier alpha value is -4.84. The molecule has 0 saturated carbocycles. The Kier molecular flexibility index (Phi) is 5.75. The molecule has 0 N–H and O–H groups in total. The van der Waals surface area contributed by atoms with Gasteiger partial charge in [0.1, 0.15) is 0 Å². The highest BCUT2D eigenvalue weighted by atomic mass is 16.5. The average molecular weight is 542 g/mol. The largest absolute Gasteiger partial charge is 0.454 e. The zero-order chi connectivity index (χ0) is 28.4. The molecule has 0 radical (unpaired) electrons. The standard InChI is InChI=1S/C35H27NO5/c1-19-11-12-20(2)27(17-19)28(37)18-41-35(40)21-13-15-22(16-14-21)36-33(38)31-29-23-7-3-4-8-24(23)30(32(31)34(36)39)26-10-6-5-9-25(26)29/h3-17,29-32H,18H2,1-2H3/t29?,30?,31-,32-/m1/s1. The quantitative estimate of drug-likeness (QED) is 0.183. The van der Waals surface area contributed by atoms with Crippen LogP contribution in [0.3, 0.4) is 0 Å². The molecule has 1 fully saturated rings. The van der Waals surface area contributed by atoms with Gasteiger partial charge in [0.15, 0.2) is 6.61 Å². The van der Waals surface area contributed by atoms with Gasteiger partial charge in [-0.15, -0.1) is 0 Å². The Morgan fingerprint density at radius 1 is 0.707 bits per heavy atom. The molecule has 4 aromatic carbocycles. The fourth-order valence-electron chi connectivity index (χ4n) is 7.01. The second-order valence-electron chi connectivity index (χ2n) is 11.1. The van der Waals surface area contributed by atoms with Crippen molar-refractivity contribution in [3.05, 3.63) is 136 Å². The van der Waals surface area contributed by atoms with E-state index in [9.17, 15) is 19.2 Å². The minimum absolute atomic E-state index is 0.178. The number of Topliss-reactive ketones (excluding diaryl/α,β-unsaturated/α-hetero) is 1. The number of ether oxygens (including phenoxy) is 1. The van der Waals surface area contributed by atoms with Crippen LogP contribution in [0.2, 0.25) is 0 Å². The van der Waals surface area contributed by atoms with E-state index in [0.29, 0.717) is 11.3 Å². The van der Waals surface area contributed by atoms with Gasteiger partial charge in [-0.25, -0.2) is 9.69 Å². The van der Waals surface area contributed by atoms with Gasteiger partial charge in [0.2, 0.25) is 17.6 Å². The van der Waals surface area contributed by atoms with Crippen LogP contribution < -0.4 is 4.90 Å². The van der Waals surface area contributed by atoms with E-state index in [2.05, 4.69) is 24.3 Å². The van der Waals surface area contributed by atoms with Crippen molar-refractivity contribution in [2.45, 2.75) is 25.7 Å². The van der Waals surface area contributed by atoms with E-state index in [0.717, 1.165) is 33.4 Å².